The van der Waals surface area contributed by atoms with Crippen LogP contribution >= 0.6 is 0 Å². The van der Waals surface area contributed by atoms with Gasteiger partial charge in [-0.05, 0) is 79.9 Å². The van der Waals surface area contributed by atoms with Crippen LogP contribution in [0.25, 0.3) is 0 Å². The number of hydrogen-bond acceptors (Lipinski definition) is 2. The van der Waals surface area contributed by atoms with Gasteiger partial charge < -0.3 is 9.47 Å². The van der Waals surface area contributed by atoms with Gasteiger partial charge in [0, 0.05) is 12.1 Å². The lowest BCUT2D eigenvalue weighted by Crippen LogP contribution is -2.26. The second-order valence-corrected chi connectivity index (χ2v) is 11.2. The smallest absolute Gasteiger partial charge is 0.429 e. The van der Waals surface area contributed by atoms with E-state index in [-0.39, 0.29) is 18.1 Å². The number of ether oxygens (including phenoxy) is 2. The third kappa shape index (κ3) is 7.60. The maximum absolute atomic E-state index is 14.9. The van der Waals surface area contributed by atoms with E-state index in [9.17, 15) is 35.1 Å². The van der Waals surface area contributed by atoms with Gasteiger partial charge in [0.2, 0.25) is 5.75 Å². The van der Waals surface area contributed by atoms with Crippen LogP contribution in [0, 0.1) is 35.2 Å². The fraction of sp³-hybridized carbons (Fsp3) is 0.600. The Bertz CT molecular complexity index is 1110. The van der Waals surface area contributed by atoms with Crippen molar-refractivity contribution >= 4 is 0 Å². The molecule has 0 saturated heterocycles. The van der Waals surface area contributed by atoms with E-state index in [0.29, 0.717) is 11.5 Å². The molecule has 2 aliphatic rings. The first-order valence-electron chi connectivity index (χ1n) is 14.0. The minimum atomic E-state index is -5.40. The molecule has 2 aliphatic carbocycles. The fourth-order valence-corrected chi connectivity index (χ4v) is 6.40. The van der Waals surface area contributed by atoms with Crippen molar-refractivity contribution < 1.29 is 44.6 Å². The summed E-state index contributed by atoms with van der Waals surface area (Å²) in [4.78, 5) is 0. The summed E-state index contributed by atoms with van der Waals surface area (Å²) in [5, 5.41) is 0. The lowest BCUT2D eigenvalue weighted by molar-refractivity contribution is -0.276. The predicted octanol–water partition coefficient (Wildman–Crippen LogP) is 10.4. The molecular formula is C30H34F8O2. The van der Waals surface area contributed by atoms with Crippen LogP contribution in [0.3, 0.4) is 0 Å². The Morgan fingerprint density at radius 3 is 1.82 bits per heavy atom. The second-order valence-electron chi connectivity index (χ2n) is 11.2. The quantitative estimate of drug-likeness (QED) is 0.276. The lowest BCUT2D eigenvalue weighted by Gasteiger charge is -2.38. The monoisotopic (exact) mass is 578 g/mol. The summed E-state index contributed by atoms with van der Waals surface area (Å²) in [6.07, 6.45) is 2.91. The molecule has 0 aromatic heterocycles. The van der Waals surface area contributed by atoms with Crippen LogP contribution in [0.15, 0.2) is 30.3 Å². The van der Waals surface area contributed by atoms with Gasteiger partial charge in [-0.3, -0.25) is 0 Å². The van der Waals surface area contributed by atoms with Crippen LogP contribution in [0.2, 0.25) is 0 Å². The molecule has 0 radical (unpaired) electrons. The first kappa shape index (κ1) is 30.4. The molecule has 222 valence electrons. The van der Waals surface area contributed by atoms with Gasteiger partial charge in [0.25, 0.3) is 0 Å². The van der Waals surface area contributed by atoms with Gasteiger partial charge in [0.15, 0.2) is 11.6 Å². The second kappa shape index (κ2) is 12.6. The van der Waals surface area contributed by atoms with Crippen molar-refractivity contribution in [3.05, 3.63) is 58.9 Å². The van der Waals surface area contributed by atoms with Gasteiger partial charge in [0.1, 0.15) is 11.6 Å². The zero-order chi connectivity index (χ0) is 29.1. The number of alkyl halides is 5. The van der Waals surface area contributed by atoms with Gasteiger partial charge >= 0.3 is 12.5 Å². The van der Waals surface area contributed by atoms with Crippen LogP contribution in [0.5, 0.6) is 11.5 Å². The Labute approximate surface area is 229 Å². The molecule has 0 N–H and O–H groups in total. The van der Waals surface area contributed by atoms with Crippen molar-refractivity contribution in [3.63, 3.8) is 0 Å². The summed E-state index contributed by atoms with van der Waals surface area (Å²) in [6, 6.07) is 3.54. The predicted molar refractivity (Wildman–Crippen MR) is 134 cm³/mol. The molecule has 0 unspecified atom stereocenters. The molecule has 0 bridgehead atoms. The van der Waals surface area contributed by atoms with Crippen LogP contribution < -0.4 is 9.47 Å². The molecule has 2 aromatic rings. The van der Waals surface area contributed by atoms with E-state index < -0.39 is 47.0 Å². The summed E-state index contributed by atoms with van der Waals surface area (Å²) < 4.78 is 117. The zero-order valence-electron chi connectivity index (χ0n) is 22.3. The third-order valence-corrected chi connectivity index (χ3v) is 8.51. The summed E-state index contributed by atoms with van der Waals surface area (Å²) in [7, 11) is 0. The number of unbranched alkanes of at least 4 members (excludes halogenated alkanes) is 1. The van der Waals surface area contributed by atoms with E-state index in [2.05, 4.69) is 16.4 Å². The Morgan fingerprint density at radius 2 is 1.30 bits per heavy atom. The molecule has 0 heterocycles. The third-order valence-electron chi connectivity index (χ3n) is 8.51. The molecule has 2 nitrogen and oxygen atoms in total. The Hall–Kier alpha value is -2.52. The van der Waals surface area contributed by atoms with E-state index in [1.165, 1.54) is 51.0 Å². The van der Waals surface area contributed by atoms with Crippen molar-refractivity contribution in [3.8, 4) is 11.5 Å². The highest BCUT2D eigenvalue weighted by molar-refractivity contribution is 5.36. The molecule has 4 rings (SSSR count). The average Bonchev–Trinajstić information content (AvgIpc) is 2.89. The molecule has 40 heavy (non-hydrogen) atoms. The zero-order valence-corrected chi connectivity index (χ0v) is 22.3. The number of halogens is 8. The van der Waals surface area contributed by atoms with E-state index in [0.717, 1.165) is 49.7 Å². The normalized spacial score (nSPS) is 24.1. The van der Waals surface area contributed by atoms with E-state index in [4.69, 9.17) is 0 Å². The minimum absolute atomic E-state index is 0.0413. The van der Waals surface area contributed by atoms with Gasteiger partial charge in [-0.15, -0.1) is 13.2 Å². The molecular weight excluding hydrogens is 544 g/mol. The van der Waals surface area contributed by atoms with Gasteiger partial charge in [-0.25, -0.2) is 13.2 Å². The average molecular weight is 579 g/mol. The number of benzene rings is 2. The fourth-order valence-electron chi connectivity index (χ4n) is 6.40. The molecule has 0 amide bonds. The molecule has 10 heteroatoms. The van der Waals surface area contributed by atoms with E-state index >= 15 is 0 Å². The van der Waals surface area contributed by atoms with Crippen LogP contribution in [0.1, 0.15) is 94.6 Å². The lowest BCUT2D eigenvalue weighted by atomic mass is 9.68. The van der Waals surface area contributed by atoms with E-state index in [1.807, 2.05) is 0 Å². The summed E-state index contributed by atoms with van der Waals surface area (Å²) >= 11 is 0. The molecule has 2 aromatic carbocycles. The highest BCUT2D eigenvalue weighted by atomic mass is 19.4. The summed E-state index contributed by atoms with van der Waals surface area (Å²) in [6.45, 7) is 2.22. The SMILES string of the molecule is CCCC[C@H]1CC[C@H]([C@H]2CC[C@H](c3ccc(C(F)(F)Oc4cc(F)c(OC(F)(F)F)c(F)c4)c(F)c3)CC2)CC1. The van der Waals surface area contributed by atoms with Crippen molar-refractivity contribution in [2.75, 3.05) is 0 Å². The Kier molecular flexibility index (Phi) is 9.55. The van der Waals surface area contributed by atoms with Crippen molar-refractivity contribution in [1.82, 2.24) is 0 Å². The molecule has 0 spiro atoms. The highest BCUT2D eigenvalue weighted by Gasteiger charge is 2.40. The van der Waals surface area contributed by atoms with Gasteiger partial charge in [0.05, 0.1) is 5.56 Å². The van der Waals surface area contributed by atoms with Gasteiger partial charge in [-0.1, -0.05) is 45.1 Å². The molecule has 2 fully saturated rings. The van der Waals surface area contributed by atoms with Crippen LogP contribution in [-0.4, -0.2) is 6.36 Å². The summed E-state index contributed by atoms with van der Waals surface area (Å²) in [5.41, 5.74) is -0.550. The highest BCUT2D eigenvalue weighted by Crippen LogP contribution is 2.45. The molecule has 2 saturated carbocycles. The number of hydrogen-bond donors (Lipinski definition) is 0. The van der Waals surface area contributed by atoms with Crippen LogP contribution in [0.4, 0.5) is 35.1 Å². The topological polar surface area (TPSA) is 18.5 Å². The van der Waals surface area contributed by atoms with Gasteiger partial charge in [-0.2, -0.15) is 8.78 Å². The first-order chi connectivity index (χ1) is 18.9. The standard InChI is InChI=1S/C30H34F8O2/c1-2-3-4-18-5-7-19(8-6-18)20-9-11-21(12-10-20)22-13-14-24(25(31)15-22)29(34,35)39-23-16-26(32)28(27(33)17-23)40-30(36,37)38/h13-21H,2-12H2,1H3/t18-,19-,20-,21-. The first-order valence-corrected chi connectivity index (χ1v) is 14.0. The largest absolute Gasteiger partial charge is 0.573 e. The number of rotatable bonds is 9. The summed E-state index contributed by atoms with van der Waals surface area (Å²) in [5.74, 6) is -5.75. The van der Waals surface area contributed by atoms with E-state index in [1.54, 1.807) is 0 Å². The molecule has 0 atom stereocenters. The minimum Gasteiger partial charge on any atom is -0.429 e. The Morgan fingerprint density at radius 1 is 0.725 bits per heavy atom. The maximum Gasteiger partial charge on any atom is 0.573 e. The van der Waals surface area contributed by atoms with Crippen molar-refractivity contribution in [1.29, 1.82) is 0 Å². The maximum atomic E-state index is 14.9. The Balaban J connectivity index is 1.36. The van der Waals surface area contributed by atoms with Crippen molar-refractivity contribution in [2.24, 2.45) is 17.8 Å². The van der Waals surface area contributed by atoms with Crippen LogP contribution in [-0.2, 0) is 6.11 Å². The van der Waals surface area contributed by atoms with Crippen molar-refractivity contribution in [2.45, 2.75) is 95.9 Å². The molecule has 0 aliphatic heterocycles.